The van der Waals surface area contributed by atoms with Gasteiger partial charge >= 0.3 is 0 Å². The second-order valence-electron chi connectivity index (χ2n) is 4.14. The number of thiocarbonyl (C=S) groups is 1. The van der Waals surface area contributed by atoms with E-state index in [1.54, 1.807) is 18.4 Å². The third-order valence-corrected chi connectivity index (χ3v) is 3.67. The minimum atomic E-state index is 0.492. The highest BCUT2D eigenvalue weighted by Gasteiger charge is 1.99. The minimum Gasteiger partial charge on any atom is -0.383 e. The molecular weight excluding hydrogens is 290 g/mol. The van der Waals surface area contributed by atoms with Gasteiger partial charge in [0, 0.05) is 31.8 Å². The molecule has 0 unspecified atom stereocenters. The van der Waals surface area contributed by atoms with Gasteiger partial charge in [0.15, 0.2) is 9.91 Å². The summed E-state index contributed by atoms with van der Waals surface area (Å²) in [5, 5.41) is 5.55. The Morgan fingerprint density at radius 1 is 1.40 bits per heavy atom. The Kier molecular flexibility index (Phi) is 5.91. The number of methoxy groups -OCH3 is 1. The zero-order valence-electron chi connectivity index (χ0n) is 11.3. The molecule has 0 bridgehead atoms. The van der Waals surface area contributed by atoms with Crippen LogP contribution >= 0.6 is 23.6 Å². The van der Waals surface area contributed by atoms with E-state index in [0.29, 0.717) is 18.3 Å². The number of benzene rings is 1. The molecule has 2 aromatic rings. The van der Waals surface area contributed by atoms with Crippen LogP contribution in [0, 0.1) is 0 Å². The second kappa shape index (κ2) is 7.94. The number of thiazole rings is 1. The Labute approximate surface area is 127 Å². The van der Waals surface area contributed by atoms with Gasteiger partial charge < -0.3 is 14.6 Å². The van der Waals surface area contributed by atoms with Crippen LogP contribution in [0.5, 0.6) is 0 Å². The number of rotatable bonds is 5. The van der Waals surface area contributed by atoms with E-state index in [-0.39, 0.29) is 0 Å². The van der Waals surface area contributed by atoms with Crippen molar-refractivity contribution in [3.8, 4) is 0 Å². The summed E-state index contributed by atoms with van der Waals surface area (Å²) in [7, 11) is 1.66. The Balaban J connectivity index is 2.06. The van der Waals surface area contributed by atoms with Crippen molar-refractivity contribution in [2.45, 2.75) is 6.54 Å². The SMILES string of the molecule is COCCNC(=S)/N=c1\sccn1Cc1ccccc1. The molecule has 20 heavy (non-hydrogen) atoms. The second-order valence-corrected chi connectivity index (χ2v) is 5.40. The molecule has 1 aromatic heterocycles. The van der Waals surface area contributed by atoms with Crippen LogP contribution < -0.4 is 10.1 Å². The normalized spacial score (nSPS) is 11.6. The van der Waals surface area contributed by atoms with Crippen LogP contribution in [0.25, 0.3) is 0 Å². The molecule has 4 nitrogen and oxygen atoms in total. The number of nitrogens with zero attached hydrogens (tertiary/aromatic N) is 2. The summed E-state index contributed by atoms with van der Waals surface area (Å²) in [5.74, 6) is 0. The number of hydrogen-bond acceptors (Lipinski definition) is 3. The number of hydrogen-bond donors (Lipinski definition) is 1. The van der Waals surface area contributed by atoms with Crippen molar-refractivity contribution in [1.82, 2.24) is 9.88 Å². The lowest BCUT2D eigenvalue weighted by Gasteiger charge is -2.04. The molecule has 0 saturated carbocycles. The summed E-state index contributed by atoms with van der Waals surface area (Å²) in [4.78, 5) is 5.33. The van der Waals surface area contributed by atoms with Crippen molar-refractivity contribution in [3.05, 3.63) is 52.3 Å². The van der Waals surface area contributed by atoms with Crippen molar-refractivity contribution in [2.24, 2.45) is 4.99 Å². The maximum absolute atomic E-state index is 5.20. The number of nitrogens with one attached hydrogen (secondary N) is 1. The van der Waals surface area contributed by atoms with Crippen LogP contribution in [0.15, 0.2) is 46.9 Å². The fraction of sp³-hybridized carbons (Fsp3) is 0.286. The van der Waals surface area contributed by atoms with Gasteiger partial charge in [-0.25, -0.2) is 0 Å². The standard InChI is InChI=1S/C14H17N3OS2/c1-18-9-7-15-13(19)16-14-17(8-10-20-14)11-12-5-3-2-4-6-12/h2-6,8,10H,7,9,11H2,1H3,(H,15,19)/b16-14-. The van der Waals surface area contributed by atoms with Crippen LogP contribution in [0.1, 0.15) is 5.56 Å². The Morgan fingerprint density at radius 2 is 2.20 bits per heavy atom. The predicted molar refractivity (Wildman–Crippen MR) is 85.9 cm³/mol. The van der Waals surface area contributed by atoms with Crippen LogP contribution in [-0.4, -0.2) is 29.9 Å². The number of ether oxygens (including phenoxy) is 1. The van der Waals surface area contributed by atoms with Gasteiger partial charge in [0.05, 0.1) is 6.61 Å². The third-order valence-electron chi connectivity index (χ3n) is 2.64. The molecule has 0 radical (unpaired) electrons. The van der Waals surface area contributed by atoms with Crippen molar-refractivity contribution in [1.29, 1.82) is 0 Å². The first-order valence-electron chi connectivity index (χ1n) is 6.29. The minimum absolute atomic E-state index is 0.492. The maximum Gasteiger partial charge on any atom is 0.195 e. The fourth-order valence-electron chi connectivity index (χ4n) is 1.67. The maximum atomic E-state index is 5.20. The lowest BCUT2D eigenvalue weighted by atomic mass is 10.2. The molecule has 106 valence electrons. The molecule has 6 heteroatoms. The van der Waals surface area contributed by atoms with E-state index in [4.69, 9.17) is 17.0 Å². The van der Waals surface area contributed by atoms with Gasteiger partial charge in [-0.05, 0) is 17.8 Å². The molecular formula is C14H17N3OS2. The Bertz CT molecular complexity index is 604. The highest BCUT2D eigenvalue weighted by Crippen LogP contribution is 2.01. The van der Waals surface area contributed by atoms with Crippen LogP contribution in [-0.2, 0) is 11.3 Å². The van der Waals surface area contributed by atoms with Crippen LogP contribution in [0.4, 0.5) is 0 Å². The number of aromatic nitrogens is 1. The monoisotopic (exact) mass is 307 g/mol. The van der Waals surface area contributed by atoms with Crippen LogP contribution in [0.3, 0.4) is 0 Å². The van der Waals surface area contributed by atoms with E-state index in [9.17, 15) is 0 Å². The van der Waals surface area contributed by atoms with Gasteiger partial charge in [0.2, 0.25) is 0 Å². The molecule has 0 aliphatic heterocycles. The lowest BCUT2D eigenvalue weighted by Crippen LogP contribution is -2.27. The topological polar surface area (TPSA) is 38.5 Å². The highest BCUT2D eigenvalue weighted by atomic mass is 32.1. The summed E-state index contributed by atoms with van der Waals surface area (Å²) in [6.07, 6.45) is 2.02. The lowest BCUT2D eigenvalue weighted by molar-refractivity contribution is 0.204. The molecule has 0 aliphatic rings. The van der Waals surface area contributed by atoms with Crippen molar-refractivity contribution in [3.63, 3.8) is 0 Å². The first kappa shape index (κ1) is 14.9. The Hall–Kier alpha value is -1.50. The molecule has 0 atom stereocenters. The van der Waals surface area contributed by atoms with Gasteiger partial charge in [-0.1, -0.05) is 30.3 Å². The zero-order chi connectivity index (χ0) is 14.2. The predicted octanol–water partition coefficient (Wildman–Crippen LogP) is 2.02. The molecule has 0 aliphatic carbocycles. The van der Waals surface area contributed by atoms with Crippen molar-refractivity contribution < 1.29 is 4.74 Å². The summed E-state index contributed by atoms with van der Waals surface area (Å²) in [6, 6.07) is 10.3. The van der Waals surface area contributed by atoms with Crippen LogP contribution in [0.2, 0.25) is 0 Å². The van der Waals surface area contributed by atoms with E-state index >= 15 is 0 Å². The van der Waals surface area contributed by atoms with Crippen molar-refractivity contribution >= 4 is 28.7 Å². The molecule has 0 saturated heterocycles. The summed E-state index contributed by atoms with van der Waals surface area (Å²) in [5.41, 5.74) is 1.24. The average Bonchev–Trinajstić information content (AvgIpc) is 2.87. The van der Waals surface area contributed by atoms with Gasteiger partial charge in [-0.15, -0.1) is 11.3 Å². The third kappa shape index (κ3) is 4.56. The molecule has 0 fully saturated rings. The van der Waals surface area contributed by atoms with E-state index < -0.39 is 0 Å². The smallest absolute Gasteiger partial charge is 0.195 e. The van der Waals surface area contributed by atoms with E-state index in [1.807, 2.05) is 29.8 Å². The molecule has 1 heterocycles. The quantitative estimate of drug-likeness (QED) is 0.678. The van der Waals surface area contributed by atoms with E-state index in [1.165, 1.54) is 5.56 Å². The summed E-state index contributed by atoms with van der Waals surface area (Å²) < 4.78 is 7.05. The molecule has 1 aromatic carbocycles. The Morgan fingerprint density at radius 3 is 2.95 bits per heavy atom. The van der Waals surface area contributed by atoms with Gasteiger partial charge in [-0.2, -0.15) is 4.99 Å². The molecule has 2 rings (SSSR count). The fourth-order valence-corrected chi connectivity index (χ4v) is 2.65. The first-order chi connectivity index (χ1) is 9.79. The van der Waals surface area contributed by atoms with E-state index in [0.717, 1.165) is 11.3 Å². The average molecular weight is 307 g/mol. The van der Waals surface area contributed by atoms with Gasteiger partial charge in [-0.3, -0.25) is 0 Å². The molecule has 0 spiro atoms. The van der Waals surface area contributed by atoms with Gasteiger partial charge in [0.1, 0.15) is 0 Å². The first-order valence-corrected chi connectivity index (χ1v) is 7.58. The van der Waals surface area contributed by atoms with Crippen molar-refractivity contribution in [2.75, 3.05) is 20.3 Å². The van der Waals surface area contributed by atoms with Gasteiger partial charge in [0.25, 0.3) is 0 Å². The largest absolute Gasteiger partial charge is 0.383 e. The summed E-state index contributed by atoms with van der Waals surface area (Å²) in [6.45, 7) is 2.08. The summed E-state index contributed by atoms with van der Waals surface area (Å²) >= 11 is 6.77. The van der Waals surface area contributed by atoms with E-state index in [2.05, 4.69) is 27.0 Å². The highest BCUT2D eigenvalue weighted by molar-refractivity contribution is 7.80. The zero-order valence-corrected chi connectivity index (χ0v) is 12.9. The molecule has 0 amide bonds. The molecule has 1 N–H and O–H groups in total.